The van der Waals surface area contributed by atoms with Gasteiger partial charge in [-0.3, -0.25) is 9.78 Å². The van der Waals surface area contributed by atoms with Gasteiger partial charge >= 0.3 is 0 Å². The SMILES string of the molecule is CCCN(C)C(=O)C1C=CC(c2ncccc2NC(C)C)=C(N2CCNCC2)C1=C=O. The van der Waals surface area contributed by atoms with Crippen molar-refractivity contribution in [1.82, 2.24) is 20.1 Å². The zero-order valence-electron chi connectivity index (χ0n) is 18.9. The second-order valence-corrected chi connectivity index (χ2v) is 8.31. The Bertz CT molecular complexity index is 908. The van der Waals surface area contributed by atoms with Gasteiger partial charge in [0, 0.05) is 57.6 Å². The summed E-state index contributed by atoms with van der Waals surface area (Å²) >= 11 is 0. The molecule has 2 aliphatic rings. The van der Waals surface area contributed by atoms with Crippen molar-refractivity contribution in [3.05, 3.63) is 47.4 Å². The fourth-order valence-electron chi connectivity index (χ4n) is 4.13. The highest BCUT2D eigenvalue weighted by molar-refractivity contribution is 5.95. The summed E-state index contributed by atoms with van der Waals surface area (Å²) in [6, 6.07) is 4.13. The second-order valence-electron chi connectivity index (χ2n) is 8.31. The molecule has 0 bridgehead atoms. The molecule has 1 aliphatic carbocycles. The molecule has 1 aliphatic heterocycles. The summed E-state index contributed by atoms with van der Waals surface area (Å²) in [5.41, 5.74) is 3.71. The molecular formula is C24H33N5O2. The number of allylic oxidation sites excluding steroid dienone is 3. The van der Waals surface area contributed by atoms with Gasteiger partial charge in [0.05, 0.1) is 28.6 Å². The Labute approximate surface area is 184 Å². The monoisotopic (exact) mass is 423 g/mol. The average Bonchev–Trinajstić information content (AvgIpc) is 2.78. The predicted molar refractivity (Wildman–Crippen MR) is 124 cm³/mol. The van der Waals surface area contributed by atoms with E-state index in [9.17, 15) is 9.59 Å². The summed E-state index contributed by atoms with van der Waals surface area (Å²) in [4.78, 5) is 33.9. The number of nitrogens with one attached hydrogen (secondary N) is 2. The molecule has 166 valence electrons. The molecule has 0 radical (unpaired) electrons. The van der Waals surface area contributed by atoms with Crippen molar-refractivity contribution in [3.63, 3.8) is 0 Å². The van der Waals surface area contributed by atoms with E-state index in [1.165, 1.54) is 0 Å². The third-order valence-electron chi connectivity index (χ3n) is 5.53. The number of rotatable bonds is 7. The van der Waals surface area contributed by atoms with Crippen molar-refractivity contribution in [3.8, 4) is 0 Å². The maximum Gasteiger partial charge on any atom is 0.234 e. The number of hydrogen-bond acceptors (Lipinski definition) is 6. The van der Waals surface area contributed by atoms with Gasteiger partial charge < -0.3 is 20.4 Å². The molecular weight excluding hydrogens is 390 g/mol. The van der Waals surface area contributed by atoms with Crippen molar-refractivity contribution >= 4 is 23.1 Å². The summed E-state index contributed by atoms with van der Waals surface area (Å²) in [5.74, 6) is 1.43. The molecule has 1 atom stereocenters. The lowest BCUT2D eigenvalue weighted by atomic mass is 9.85. The Morgan fingerprint density at radius 1 is 1.39 bits per heavy atom. The number of carbonyl (C=O) groups is 1. The van der Waals surface area contributed by atoms with Gasteiger partial charge in [0.25, 0.3) is 0 Å². The zero-order chi connectivity index (χ0) is 22.4. The van der Waals surface area contributed by atoms with E-state index in [2.05, 4.69) is 40.3 Å². The molecule has 0 aromatic carbocycles. The van der Waals surface area contributed by atoms with Crippen LogP contribution in [0.15, 0.2) is 41.8 Å². The van der Waals surface area contributed by atoms with Crippen LogP contribution in [-0.4, -0.2) is 72.4 Å². The van der Waals surface area contributed by atoms with Gasteiger partial charge in [0.2, 0.25) is 5.91 Å². The van der Waals surface area contributed by atoms with E-state index in [-0.39, 0.29) is 11.9 Å². The molecule has 1 unspecified atom stereocenters. The van der Waals surface area contributed by atoms with Crippen LogP contribution in [0.3, 0.4) is 0 Å². The summed E-state index contributed by atoms with van der Waals surface area (Å²) in [7, 11) is 1.79. The van der Waals surface area contributed by atoms with Crippen molar-refractivity contribution in [2.75, 3.05) is 45.1 Å². The lowest BCUT2D eigenvalue weighted by Gasteiger charge is -2.36. The molecule has 3 rings (SSSR count). The van der Waals surface area contributed by atoms with Gasteiger partial charge in [-0.2, -0.15) is 0 Å². The minimum atomic E-state index is -0.632. The molecule has 1 aromatic rings. The molecule has 0 spiro atoms. The van der Waals surface area contributed by atoms with Gasteiger partial charge in [0.15, 0.2) is 0 Å². The zero-order valence-corrected chi connectivity index (χ0v) is 18.9. The molecule has 2 heterocycles. The van der Waals surface area contributed by atoms with Crippen LogP contribution >= 0.6 is 0 Å². The number of anilines is 1. The first kappa shape index (κ1) is 22.8. The molecule has 1 aromatic heterocycles. The number of carbonyl (C=O) groups excluding carboxylic acids is 2. The van der Waals surface area contributed by atoms with Crippen LogP contribution in [0.5, 0.6) is 0 Å². The summed E-state index contributed by atoms with van der Waals surface area (Å²) in [6.45, 7) is 9.98. The molecule has 0 saturated carbocycles. The topological polar surface area (TPSA) is 77.6 Å². The minimum Gasteiger partial charge on any atom is -0.381 e. The van der Waals surface area contributed by atoms with Gasteiger partial charge in [-0.25, -0.2) is 4.79 Å². The first-order valence-electron chi connectivity index (χ1n) is 11.1. The predicted octanol–water partition coefficient (Wildman–Crippen LogP) is 2.33. The van der Waals surface area contributed by atoms with Crippen LogP contribution in [0.4, 0.5) is 5.69 Å². The van der Waals surface area contributed by atoms with E-state index in [4.69, 9.17) is 0 Å². The van der Waals surface area contributed by atoms with Gasteiger partial charge in [0.1, 0.15) is 5.94 Å². The van der Waals surface area contributed by atoms with E-state index in [0.29, 0.717) is 12.1 Å². The summed E-state index contributed by atoms with van der Waals surface area (Å²) in [5, 5.41) is 6.81. The van der Waals surface area contributed by atoms with E-state index >= 15 is 0 Å². The lowest BCUT2D eigenvalue weighted by Crippen LogP contribution is -2.45. The van der Waals surface area contributed by atoms with E-state index in [1.54, 1.807) is 18.1 Å². The average molecular weight is 424 g/mol. The number of amides is 1. The van der Waals surface area contributed by atoms with Gasteiger partial charge in [-0.05, 0) is 32.4 Å². The van der Waals surface area contributed by atoms with Crippen molar-refractivity contribution in [2.24, 2.45) is 5.92 Å². The first-order valence-corrected chi connectivity index (χ1v) is 11.1. The van der Waals surface area contributed by atoms with Crippen LogP contribution in [0.1, 0.15) is 32.9 Å². The highest BCUT2D eigenvalue weighted by Crippen LogP contribution is 2.38. The number of nitrogens with zero attached hydrogens (tertiary/aromatic N) is 3. The Balaban J connectivity index is 2.12. The lowest BCUT2D eigenvalue weighted by molar-refractivity contribution is -0.131. The maximum atomic E-state index is 13.1. The second kappa shape index (κ2) is 10.4. The smallest absolute Gasteiger partial charge is 0.234 e. The summed E-state index contributed by atoms with van der Waals surface area (Å²) < 4.78 is 0. The fraction of sp³-hybridized carbons (Fsp3) is 0.500. The Morgan fingerprint density at radius 2 is 2.13 bits per heavy atom. The van der Waals surface area contributed by atoms with E-state index in [0.717, 1.165) is 55.3 Å². The van der Waals surface area contributed by atoms with Crippen LogP contribution in [-0.2, 0) is 9.59 Å². The quantitative estimate of drug-likeness (QED) is 0.656. The molecule has 1 saturated heterocycles. The molecule has 7 heteroatoms. The Hall–Kier alpha value is -2.89. The number of piperazine rings is 1. The van der Waals surface area contributed by atoms with Crippen molar-refractivity contribution in [1.29, 1.82) is 0 Å². The molecule has 31 heavy (non-hydrogen) atoms. The number of pyridine rings is 1. The van der Waals surface area contributed by atoms with Crippen LogP contribution < -0.4 is 10.6 Å². The van der Waals surface area contributed by atoms with Crippen molar-refractivity contribution in [2.45, 2.75) is 33.2 Å². The number of hydrogen-bond donors (Lipinski definition) is 2. The third-order valence-corrected chi connectivity index (χ3v) is 5.53. The Morgan fingerprint density at radius 3 is 2.77 bits per heavy atom. The largest absolute Gasteiger partial charge is 0.381 e. The van der Waals surface area contributed by atoms with E-state index in [1.807, 2.05) is 31.2 Å². The maximum absolute atomic E-state index is 13.1. The molecule has 2 N–H and O–H groups in total. The fourth-order valence-corrected chi connectivity index (χ4v) is 4.13. The highest BCUT2D eigenvalue weighted by Gasteiger charge is 2.35. The molecule has 1 amide bonds. The normalized spacial score (nSPS) is 18.9. The van der Waals surface area contributed by atoms with Crippen LogP contribution in [0.2, 0.25) is 0 Å². The minimum absolute atomic E-state index is 0.0790. The van der Waals surface area contributed by atoms with Crippen molar-refractivity contribution < 1.29 is 9.59 Å². The molecule has 7 nitrogen and oxygen atoms in total. The van der Waals surface area contributed by atoms with Crippen LogP contribution in [0.25, 0.3) is 5.57 Å². The number of aromatic nitrogens is 1. The standard InChI is InChI=1S/C24H33N5O2/c1-5-13-28(4)24(31)18-8-9-19(22-21(27-17(2)3)7-6-10-26-22)23(20(18)16-30)29-14-11-25-12-15-29/h6-10,17-18,25,27H,5,11-15H2,1-4H3. The summed E-state index contributed by atoms with van der Waals surface area (Å²) in [6.07, 6.45) is 6.40. The highest BCUT2D eigenvalue weighted by atomic mass is 16.2. The Kier molecular flexibility index (Phi) is 7.66. The van der Waals surface area contributed by atoms with Gasteiger partial charge in [-0.15, -0.1) is 0 Å². The third kappa shape index (κ3) is 5.06. The molecule has 1 fully saturated rings. The van der Waals surface area contributed by atoms with E-state index < -0.39 is 5.92 Å². The first-order chi connectivity index (χ1) is 15.0. The van der Waals surface area contributed by atoms with Crippen LogP contribution in [0, 0.1) is 5.92 Å². The van der Waals surface area contributed by atoms with Gasteiger partial charge in [-0.1, -0.05) is 19.1 Å².